The van der Waals surface area contributed by atoms with Gasteiger partial charge in [0.05, 0.1) is 0 Å². The van der Waals surface area contributed by atoms with Crippen molar-refractivity contribution in [2.45, 2.75) is 12.1 Å². The van der Waals surface area contributed by atoms with Crippen LogP contribution in [-0.4, -0.2) is 73.6 Å². The maximum absolute atomic E-state index is 9.21. The molecule has 20 heavy (non-hydrogen) atoms. The Morgan fingerprint density at radius 2 is 2.25 bits per heavy atom. The summed E-state index contributed by atoms with van der Waals surface area (Å²) < 4.78 is 16.4. The van der Waals surface area contributed by atoms with Gasteiger partial charge in [-0.1, -0.05) is 0 Å². The van der Waals surface area contributed by atoms with Crippen LogP contribution >= 0.6 is 12.2 Å². The van der Waals surface area contributed by atoms with Gasteiger partial charge < -0.3 is 0 Å². The third-order valence-corrected chi connectivity index (χ3v) is 3.46. The summed E-state index contributed by atoms with van der Waals surface area (Å²) in [5, 5.41) is 9.54. The predicted molar refractivity (Wildman–Crippen MR) is 77.0 cm³/mol. The molecule has 7 nitrogen and oxygen atoms in total. The Labute approximate surface area is 123 Å². The number of hydrogen-bond acceptors (Lipinski definition) is 7. The molecule has 0 amide bonds. The Morgan fingerprint density at radius 3 is 2.80 bits per heavy atom. The van der Waals surface area contributed by atoms with E-state index >= 15 is 0 Å². The van der Waals surface area contributed by atoms with Crippen molar-refractivity contribution in [3.8, 4) is 0 Å². The molecular formula is C11H17BN2O5S. The van der Waals surface area contributed by atoms with Crippen molar-refractivity contribution in [3.63, 3.8) is 0 Å². The molecule has 1 fully saturated rings. The molecule has 0 bridgehead atoms. The zero-order chi connectivity index (χ0) is 14.5. The predicted octanol–water partition coefficient (Wildman–Crippen LogP) is -1.42. The van der Waals surface area contributed by atoms with Gasteiger partial charge in [0.2, 0.25) is 0 Å². The van der Waals surface area contributed by atoms with Crippen LogP contribution in [0, 0.1) is 0 Å². The van der Waals surface area contributed by atoms with Crippen LogP contribution in [0.25, 0.3) is 0 Å². The summed E-state index contributed by atoms with van der Waals surface area (Å²) in [5.41, 5.74) is 0. The summed E-state index contributed by atoms with van der Waals surface area (Å²) in [7, 11) is 0. The van der Waals surface area contributed by atoms with E-state index in [1.807, 2.05) is 4.90 Å². The molecule has 2 atom stereocenters. The third-order valence-electron chi connectivity index (χ3n) is 3.11. The van der Waals surface area contributed by atoms with Gasteiger partial charge in [0.25, 0.3) is 0 Å². The maximum atomic E-state index is 9.21. The number of thiocarbonyl (C=S) groups is 1. The quantitative estimate of drug-likeness (QED) is 0.371. The Hall–Kier alpha value is -1.16. The van der Waals surface area contributed by atoms with E-state index in [-0.39, 0.29) is 18.1 Å². The number of morpholine rings is 1. The standard InChI is InChI=1S/C11H17BN2O5S/c1-12-10-9(8(19-13)7(6-15)17-10)18-11(20)14-2-4-16-5-3-14/h9-10,15H,1-6,13H2/t9?,10-/m1/s1. The van der Waals surface area contributed by atoms with Gasteiger partial charge in [0.1, 0.15) is 0 Å². The van der Waals surface area contributed by atoms with Crippen LogP contribution < -0.4 is 5.90 Å². The minimum absolute atomic E-state index is 0.229. The molecule has 9 heteroatoms. The van der Waals surface area contributed by atoms with Crippen molar-refractivity contribution in [1.82, 2.24) is 4.90 Å². The number of aliphatic hydroxyl groups is 1. The van der Waals surface area contributed by atoms with Crippen LogP contribution in [0.1, 0.15) is 0 Å². The number of rotatable bonds is 4. The SMILES string of the molecule is C=B[C@@H]1OC(CO)=C(ON)C1OC(=S)N1CCOCC1. The Kier molecular flexibility index (Phi) is 5.35. The van der Waals surface area contributed by atoms with Crippen LogP contribution in [0.4, 0.5) is 0 Å². The van der Waals surface area contributed by atoms with Crippen molar-refractivity contribution in [2.24, 2.45) is 5.90 Å². The molecule has 1 saturated heterocycles. The van der Waals surface area contributed by atoms with Gasteiger partial charge in [0, 0.05) is 0 Å². The topological polar surface area (TPSA) is 86.4 Å². The second-order valence-electron chi connectivity index (χ2n) is 4.29. The monoisotopic (exact) mass is 300 g/mol. The fourth-order valence-electron chi connectivity index (χ4n) is 2.06. The molecule has 0 spiro atoms. The zero-order valence-electron chi connectivity index (χ0n) is 11.0. The minimum atomic E-state index is -0.644. The Bertz CT molecular complexity index is 414. The molecule has 2 heterocycles. The number of nitrogens with zero attached hydrogens (tertiary/aromatic N) is 1. The molecule has 0 aromatic carbocycles. The molecule has 2 rings (SSSR count). The summed E-state index contributed by atoms with van der Waals surface area (Å²) in [6.07, 6.45) is -0.644. The van der Waals surface area contributed by atoms with Crippen LogP contribution in [0.5, 0.6) is 0 Å². The first-order valence-corrected chi connectivity index (χ1v) is 6.65. The number of aliphatic hydroxyl groups excluding tert-OH is 1. The van der Waals surface area contributed by atoms with Gasteiger partial charge >= 0.3 is 122 Å². The second-order valence-corrected chi connectivity index (χ2v) is 4.63. The van der Waals surface area contributed by atoms with Gasteiger partial charge in [-0.3, -0.25) is 0 Å². The molecule has 0 aromatic heterocycles. The van der Waals surface area contributed by atoms with Crippen LogP contribution in [0.15, 0.2) is 11.5 Å². The van der Waals surface area contributed by atoms with E-state index < -0.39 is 12.1 Å². The molecular weight excluding hydrogens is 283 g/mol. The molecule has 0 aliphatic carbocycles. The van der Waals surface area contributed by atoms with Crippen molar-refractivity contribution in [1.29, 1.82) is 0 Å². The molecule has 0 aromatic rings. The molecule has 110 valence electrons. The van der Waals surface area contributed by atoms with E-state index in [1.54, 1.807) is 6.92 Å². The van der Waals surface area contributed by atoms with E-state index in [9.17, 15) is 5.11 Å². The normalized spacial score (nSPS) is 26.0. The van der Waals surface area contributed by atoms with Crippen molar-refractivity contribution in [3.05, 3.63) is 11.5 Å². The van der Waals surface area contributed by atoms with Crippen LogP contribution in [-0.2, 0) is 19.0 Å². The summed E-state index contributed by atoms with van der Waals surface area (Å²) in [6.45, 7) is 7.43. The van der Waals surface area contributed by atoms with Gasteiger partial charge in [-0.15, -0.1) is 0 Å². The summed E-state index contributed by atoms with van der Waals surface area (Å²) >= 11 is 5.26. The number of ether oxygens (including phenoxy) is 3. The van der Waals surface area contributed by atoms with Crippen LogP contribution in [0.3, 0.4) is 0 Å². The summed E-state index contributed by atoms with van der Waals surface area (Å²) in [4.78, 5) is 6.66. The third kappa shape index (κ3) is 3.12. The van der Waals surface area contributed by atoms with E-state index in [2.05, 4.69) is 6.47 Å². The average Bonchev–Trinajstić information content (AvgIpc) is 2.84. The fourth-order valence-corrected chi connectivity index (χ4v) is 2.35. The van der Waals surface area contributed by atoms with E-state index in [0.29, 0.717) is 31.5 Å². The summed E-state index contributed by atoms with van der Waals surface area (Å²) in [6, 6.07) is -0.505. The van der Waals surface area contributed by atoms with Gasteiger partial charge in [0.15, 0.2) is 0 Å². The number of nitrogens with two attached hydrogens (primary N) is 1. The first-order chi connectivity index (χ1) is 9.71. The zero-order valence-corrected chi connectivity index (χ0v) is 11.8. The van der Waals surface area contributed by atoms with E-state index in [1.165, 1.54) is 0 Å². The molecule has 2 aliphatic heterocycles. The van der Waals surface area contributed by atoms with Gasteiger partial charge in [-0.05, 0) is 0 Å². The van der Waals surface area contributed by atoms with E-state index in [4.69, 9.17) is 37.2 Å². The average molecular weight is 300 g/mol. The molecule has 0 saturated carbocycles. The first kappa shape index (κ1) is 15.2. The fraction of sp³-hybridized carbons (Fsp3) is 0.636. The van der Waals surface area contributed by atoms with Gasteiger partial charge in [-0.25, -0.2) is 0 Å². The molecule has 0 radical (unpaired) electrons. The second kappa shape index (κ2) is 7.03. The Balaban J connectivity index is 2.06. The van der Waals surface area contributed by atoms with Crippen molar-refractivity contribution in [2.75, 3.05) is 32.9 Å². The van der Waals surface area contributed by atoms with Crippen LogP contribution in [0.2, 0.25) is 0 Å². The first-order valence-electron chi connectivity index (χ1n) is 6.24. The molecule has 2 aliphatic rings. The van der Waals surface area contributed by atoms with Gasteiger partial charge in [-0.2, -0.15) is 0 Å². The Morgan fingerprint density at radius 1 is 1.55 bits per heavy atom. The number of hydrogen-bond donors (Lipinski definition) is 2. The van der Waals surface area contributed by atoms with Crippen molar-refractivity contribution < 1.29 is 24.2 Å². The molecule has 1 unspecified atom stereocenters. The van der Waals surface area contributed by atoms with E-state index in [0.717, 1.165) is 0 Å². The summed E-state index contributed by atoms with van der Waals surface area (Å²) in [5.74, 6) is 5.68. The molecule has 3 N–H and O–H groups in total. The van der Waals surface area contributed by atoms with Crippen molar-refractivity contribution >= 4 is 30.8 Å².